The Hall–Kier alpha value is -1.25. The lowest BCUT2D eigenvalue weighted by molar-refractivity contribution is 0.273. The summed E-state index contributed by atoms with van der Waals surface area (Å²) in [4.78, 5) is 4.21. The van der Waals surface area contributed by atoms with Gasteiger partial charge >= 0.3 is 0 Å². The minimum absolute atomic E-state index is 0.0196. The second-order valence-corrected chi connectivity index (χ2v) is 5.29. The molecule has 0 unspecified atom stereocenters. The summed E-state index contributed by atoms with van der Waals surface area (Å²) in [6.45, 7) is 6.47. The molecule has 0 amide bonds. The predicted molar refractivity (Wildman–Crippen MR) is 63.1 cm³/mol. The van der Waals surface area contributed by atoms with Crippen molar-refractivity contribution in [3.05, 3.63) is 18.0 Å². The molecule has 3 heteroatoms. The van der Waals surface area contributed by atoms with Crippen LogP contribution in [0, 0.1) is 0 Å². The van der Waals surface area contributed by atoms with E-state index in [0.717, 1.165) is 29.9 Å². The highest BCUT2D eigenvalue weighted by Gasteiger charge is 2.29. The van der Waals surface area contributed by atoms with E-state index in [0.29, 0.717) is 6.10 Å². The van der Waals surface area contributed by atoms with Crippen molar-refractivity contribution in [1.29, 1.82) is 0 Å². The molecule has 1 fully saturated rings. The van der Waals surface area contributed by atoms with E-state index < -0.39 is 0 Å². The summed E-state index contributed by atoms with van der Waals surface area (Å²) in [5.74, 6) is 1.60. The molecular weight excluding hydrogens is 202 g/mol. The number of nitrogens with zero attached hydrogens (tertiary/aromatic N) is 1. The highest BCUT2D eigenvalue weighted by Crippen LogP contribution is 2.40. The lowest BCUT2D eigenvalue weighted by Gasteiger charge is -2.23. The van der Waals surface area contributed by atoms with Crippen molar-refractivity contribution in [2.24, 2.45) is 0 Å². The van der Waals surface area contributed by atoms with Gasteiger partial charge in [-0.3, -0.25) is 4.98 Å². The van der Waals surface area contributed by atoms with Crippen molar-refractivity contribution in [2.75, 3.05) is 7.11 Å². The summed E-state index contributed by atoms with van der Waals surface area (Å²) in [5.41, 5.74) is 1.13. The highest BCUT2D eigenvalue weighted by atomic mass is 16.5. The van der Waals surface area contributed by atoms with E-state index in [9.17, 15) is 0 Å². The fourth-order valence-electron chi connectivity index (χ4n) is 1.58. The van der Waals surface area contributed by atoms with Gasteiger partial charge in [-0.15, -0.1) is 0 Å². The first-order valence-corrected chi connectivity index (χ1v) is 5.71. The van der Waals surface area contributed by atoms with Gasteiger partial charge in [0.2, 0.25) is 0 Å². The zero-order chi connectivity index (χ0) is 11.8. The van der Waals surface area contributed by atoms with Crippen molar-refractivity contribution >= 4 is 0 Å². The molecule has 0 saturated heterocycles. The van der Waals surface area contributed by atoms with E-state index >= 15 is 0 Å². The van der Waals surface area contributed by atoms with Crippen LogP contribution in [0.25, 0.3) is 0 Å². The minimum Gasteiger partial charge on any atom is -0.491 e. The Balaban J connectivity index is 2.41. The number of pyridine rings is 1. The molecular formula is C13H19NO2. The van der Waals surface area contributed by atoms with Gasteiger partial charge in [-0.25, -0.2) is 0 Å². The quantitative estimate of drug-likeness (QED) is 0.786. The predicted octanol–water partition coefficient (Wildman–Crippen LogP) is 2.93. The van der Waals surface area contributed by atoms with E-state index in [1.807, 2.05) is 6.20 Å². The van der Waals surface area contributed by atoms with E-state index in [1.165, 1.54) is 0 Å². The largest absolute Gasteiger partial charge is 0.491 e. The summed E-state index contributed by atoms with van der Waals surface area (Å²) in [6, 6.07) is 0. The van der Waals surface area contributed by atoms with Crippen LogP contribution in [0.5, 0.6) is 11.5 Å². The van der Waals surface area contributed by atoms with Crippen LogP contribution in [0.2, 0.25) is 0 Å². The zero-order valence-corrected chi connectivity index (χ0v) is 10.4. The number of rotatable bonds is 3. The first-order valence-electron chi connectivity index (χ1n) is 5.71. The minimum atomic E-state index is 0.0196. The third kappa shape index (κ3) is 2.29. The maximum absolute atomic E-state index is 5.94. The molecule has 1 aromatic rings. The van der Waals surface area contributed by atoms with Crippen LogP contribution >= 0.6 is 0 Å². The van der Waals surface area contributed by atoms with Crippen LogP contribution in [-0.2, 0) is 5.41 Å². The van der Waals surface area contributed by atoms with Gasteiger partial charge in [-0.2, -0.15) is 0 Å². The molecule has 1 aliphatic rings. The smallest absolute Gasteiger partial charge is 0.179 e. The summed E-state index contributed by atoms with van der Waals surface area (Å²) in [6.07, 6.45) is 6.26. The van der Waals surface area contributed by atoms with Crippen LogP contribution < -0.4 is 9.47 Å². The molecule has 16 heavy (non-hydrogen) atoms. The standard InChI is InChI=1S/C13H19NO2/c1-13(2,3)10-7-14-8-11(15-4)12(10)16-9-5-6-9/h7-9H,5-6H2,1-4H3. The Morgan fingerprint density at radius 1 is 1.25 bits per heavy atom. The van der Waals surface area contributed by atoms with Crippen molar-refractivity contribution < 1.29 is 9.47 Å². The third-order valence-electron chi connectivity index (χ3n) is 2.70. The van der Waals surface area contributed by atoms with Gasteiger partial charge in [0.25, 0.3) is 0 Å². The first-order chi connectivity index (χ1) is 7.52. The molecule has 0 radical (unpaired) electrons. The summed E-state index contributed by atoms with van der Waals surface area (Å²) in [7, 11) is 1.66. The van der Waals surface area contributed by atoms with Gasteiger partial charge in [0, 0.05) is 11.8 Å². The van der Waals surface area contributed by atoms with Crippen LogP contribution in [0.3, 0.4) is 0 Å². The number of ether oxygens (including phenoxy) is 2. The highest BCUT2D eigenvalue weighted by molar-refractivity contribution is 5.47. The van der Waals surface area contributed by atoms with Gasteiger partial charge in [0.1, 0.15) is 0 Å². The van der Waals surface area contributed by atoms with Gasteiger partial charge < -0.3 is 9.47 Å². The number of hydrogen-bond acceptors (Lipinski definition) is 3. The number of methoxy groups -OCH3 is 1. The van der Waals surface area contributed by atoms with Crippen LogP contribution in [0.1, 0.15) is 39.2 Å². The molecule has 1 saturated carbocycles. The molecule has 88 valence electrons. The SMILES string of the molecule is COc1cncc(C(C)(C)C)c1OC1CC1. The first kappa shape index (κ1) is 11.2. The van der Waals surface area contributed by atoms with Crippen LogP contribution in [0.15, 0.2) is 12.4 Å². The van der Waals surface area contributed by atoms with E-state index in [1.54, 1.807) is 13.3 Å². The van der Waals surface area contributed by atoms with Crippen molar-refractivity contribution in [1.82, 2.24) is 4.98 Å². The average Bonchev–Trinajstić information content (AvgIpc) is 3.00. The van der Waals surface area contributed by atoms with E-state index in [4.69, 9.17) is 9.47 Å². The Kier molecular flexibility index (Phi) is 2.78. The normalized spacial score (nSPS) is 16.0. The van der Waals surface area contributed by atoms with E-state index in [-0.39, 0.29) is 5.41 Å². The fraction of sp³-hybridized carbons (Fsp3) is 0.615. The maximum Gasteiger partial charge on any atom is 0.179 e. The molecule has 1 aliphatic carbocycles. The molecule has 3 nitrogen and oxygen atoms in total. The number of hydrogen-bond donors (Lipinski definition) is 0. The summed E-state index contributed by atoms with van der Waals surface area (Å²) in [5, 5.41) is 0. The molecule has 0 spiro atoms. The zero-order valence-electron chi connectivity index (χ0n) is 10.4. The molecule has 2 rings (SSSR count). The monoisotopic (exact) mass is 221 g/mol. The third-order valence-corrected chi connectivity index (χ3v) is 2.70. The van der Waals surface area contributed by atoms with Crippen LogP contribution in [0.4, 0.5) is 0 Å². The fourth-order valence-corrected chi connectivity index (χ4v) is 1.58. The maximum atomic E-state index is 5.94. The second-order valence-electron chi connectivity index (χ2n) is 5.29. The topological polar surface area (TPSA) is 31.4 Å². The molecule has 0 aliphatic heterocycles. The second kappa shape index (κ2) is 3.96. The van der Waals surface area contributed by atoms with Gasteiger partial charge in [0.15, 0.2) is 11.5 Å². The Morgan fingerprint density at radius 3 is 2.44 bits per heavy atom. The summed E-state index contributed by atoms with van der Waals surface area (Å²) >= 11 is 0. The van der Waals surface area contributed by atoms with Crippen molar-refractivity contribution in [3.8, 4) is 11.5 Å². The Morgan fingerprint density at radius 2 is 1.94 bits per heavy atom. The molecule has 0 bridgehead atoms. The van der Waals surface area contributed by atoms with Crippen LogP contribution in [-0.4, -0.2) is 18.2 Å². The molecule has 1 aromatic heterocycles. The van der Waals surface area contributed by atoms with Crippen molar-refractivity contribution in [2.45, 2.75) is 45.1 Å². The van der Waals surface area contributed by atoms with Crippen molar-refractivity contribution in [3.63, 3.8) is 0 Å². The molecule has 0 N–H and O–H groups in total. The van der Waals surface area contributed by atoms with Gasteiger partial charge in [-0.1, -0.05) is 20.8 Å². The summed E-state index contributed by atoms with van der Waals surface area (Å²) < 4.78 is 11.3. The average molecular weight is 221 g/mol. The number of aromatic nitrogens is 1. The van der Waals surface area contributed by atoms with Gasteiger partial charge in [-0.05, 0) is 18.3 Å². The molecule has 1 heterocycles. The Labute approximate surface area is 96.8 Å². The lowest BCUT2D eigenvalue weighted by atomic mass is 9.87. The Bertz CT molecular complexity index is 378. The lowest BCUT2D eigenvalue weighted by Crippen LogP contribution is -2.15. The molecule has 0 aromatic carbocycles. The van der Waals surface area contributed by atoms with E-state index in [2.05, 4.69) is 25.8 Å². The molecule has 0 atom stereocenters. The van der Waals surface area contributed by atoms with Gasteiger partial charge in [0.05, 0.1) is 19.4 Å².